The Bertz CT molecular complexity index is 905. The molecule has 4 nitrogen and oxygen atoms in total. The van der Waals surface area contributed by atoms with Crippen molar-refractivity contribution in [2.75, 3.05) is 0 Å². The predicted octanol–water partition coefficient (Wildman–Crippen LogP) is 5.03. The molecule has 0 unspecified atom stereocenters. The van der Waals surface area contributed by atoms with E-state index in [1.165, 1.54) is 12.1 Å². The molecule has 25 heavy (non-hydrogen) atoms. The molecule has 1 aromatic carbocycles. The van der Waals surface area contributed by atoms with Crippen LogP contribution in [0.2, 0.25) is 0 Å². The summed E-state index contributed by atoms with van der Waals surface area (Å²) in [5.74, 6) is 0.0771. The van der Waals surface area contributed by atoms with Gasteiger partial charge in [-0.25, -0.2) is 9.97 Å². The van der Waals surface area contributed by atoms with E-state index in [0.29, 0.717) is 11.8 Å². The zero-order valence-corrected chi connectivity index (χ0v) is 13.7. The van der Waals surface area contributed by atoms with Gasteiger partial charge in [0.1, 0.15) is 5.69 Å². The number of alkyl halides is 3. The summed E-state index contributed by atoms with van der Waals surface area (Å²) in [7, 11) is 0. The summed E-state index contributed by atoms with van der Waals surface area (Å²) < 4.78 is 44.6. The Morgan fingerprint density at radius 3 is 2.40 bits per heavy atom. The van der Waals surface area contributed by atoms with E-state index in [1.807, 2.05) is 6.92 Å². The first-order valence-corrected chi connectivity index (χ1v) is 7.93. The molecule has 8 heteroatoms. The number of halogens is 3. The number of hydrogen-bond donors (Lipinski definition) is 0. The van der Waals surface area contributed by atoms with Gasteiger partial charge in [0, 0.05) is 5.56 Å². The van der Waals surface area contributed by atoms with Crippen LogP contribution in [0.1, 0.15) is 21.8 Å². The molecule has 0 N–H and O–H groups in total. The number of nitrogens with zero attached hydrogens (tertiary/aromatic N) is 2. The maximum absolute atomic E-state index is 13.2. The van der Waals surface area contributed by atoms with Crippen LogP contribution < -0.4 is 0 Å². The lowest BCUT2D eigenvalue weighted by molar-refractivity contribution is -0.141. The van der Waals surface area contributed by atoms with Gasteiger partial charge in [-0.1, -0.05) is 29.8 Å². The van der Waals surface area contributed by atoms with E-state index in [9.17, 15) is 18.0 Å². The van der Waals surface area contributed by atoms with Crippen molar-refractivity contribution in [3.8, 4) is 11.3 Å². The van der Waals surface area contributed by atoms with E-state index in [4.69, 9.17) is 4.42 Å². The van der Waals surface area contributed by atoms with E-state index in [0.717, 1.165) is 23.4 Å². The van der Waals surface area contributed by atoms with Gasteiger partial charge < -0.3 is 4.42 Å². The molecular weight excluding hydrogens is 353 g/mol. The van der Waals surface area contributed by atoms with E-state index < -0.39 is 11.9 Å². The molecule has 0 amide bonds. The highest BCUT2D eigenvalue weighted by molar-refractivity contribution is 7.99. The molecule has 2 heterocycles. The lowest BCUT2D eigenvalue weighted by Gasteiger charge is -2.10. The van der Waals surface area contributed by atoms with Gasteiger partial charge in [-0.05, 0) is 36.9 Å². The first kappa shape index (κ1) is 17.2. The van der Waals surface area contributed by atoms with Gasteiger partial charge in [0.25, 0.3) is 0 Å². The van der Waals surface area contributed by atoms with Gasteiger partial charge in [-0.2, -0.15) is 13.2 Å². The molecular formula is C17H11F3N2O2S. The first-order valence-electron chi connectivity index (χ1n) is 7.11. The van der Waals surface area contributed by atoms with Crippen molar-refractivity contribution in [3.63, 3.8) is 0 Å². The molecule has 0 aliphatic rings. The molecule has 0 bridgehead atoms. The molecule has 0 saturated heterocycles. The summed E-state index contributed by atoms with van der Waals surface area (Å²) in [5, 5.41) is 0.119. The fraction of sp³-hybridized carbons (Fsp3) is 0.118. The number of aryl methyl sites for hydroxylation is 1. The highest BCUT2D eigenvalue weighted by Crippen LogP contribution is 2.34. The Hall–Kier alpha value is -2.61. The van der Waals surface area contributed by atoms with Crippen molar-refractivity contribution in [1.29, 1.82) is 0 Å². The first-order chi connectivity index (χ1) is 11.8. The molecule has 0 aliphatic heterocycles. The largest absolute Gasteiger partial charge is 0.447 e. The Balaban J connectivity index is 2.03. The van der Waals surface area contributed by atoms with Crippen LogP contribution in [0.5, 0.6) is 0 Å². The predicted molar refractivity (Wildman–Crippen MR) is 85.4 cm³/mol. The van der Waals surface area contributed by atoms with Crippen LogP contribution in [0.4, 0.5) is 13.2 Å². The molecule has 0 spiro atoms. The van der Waals surface area contributed by atoms with Gasteiger partial charge >= 0.3 is 6.18 Å². The summed E-state index contributed by atoms with van der Waals surface area (Å²) in [6.07, 6.45) is -4.09. The second kappa shape index (κ2) is 6.72. The quantitative estimate of drug-likeness (QED) is 0.480. The highest BCUT2D eigenvalue weighted by Gasteiger charge is 2.34. The van der Waals surface area contributed by atoms with Crippen LogP contribution in [0.25, 0.3) is 11.3 Å². The highest BCUT2D eigenvalue weighted by atomic mass is 32.2. The second-order valence-electron chi connectivity index (χ2n) is 5.16. The molecule has 2 aromatic heterocycles. The molecule has 3 rings (SSSR count). The zero-order chi connectivity index (χ0) is 18.0. The standard InChI is InChI=1S/C17H11F3N2O2S/c1-10-2-4-11(5-3-10)13-8-14(17(18,19)20)22-16(21-13)25-15-7-6-12(9-23)24-15/h2-9H,1H3. The zero-order valence-electron chi connectivity index (χ0n) is 12.9. The minimum Gasteiger partial charge on any atom is -0.447 e. The smallest absolute Gasteiger partial charge is 0.433 e. The Morgan fingerprint density at radius 2 is 1.80 bits per heavy atom. The molecule has 3 aromatic rings. The fourth-order valence-corrected chi connectivity index (χ4v) is 2.77. The van der Waals surface area contributed by atoms with Crippen LogP contribution in [0, 0.1) is 6.92 Å². The number of benzene rings is 1. The van der Waals surface area contributed by atoms with Crippen LogP contribution >= 0.6 is 11.8 Å². The Labute approximate surface area is 145 Å². The Kier molecular flexibility index (Phi) is 4.63. The lowest BCUT2D eigenvalue weighted by atomic mass is 10.1. The summed E-state index contributed by atoms with van der Waals surface area (Å²) >= 11 is 0.818. The van der Waals surface area contributed by atoms with Crippen molar-refractivity contribution in [2.45, 2.75) is 23.3 Å². The van der Waals surface area contributed by atoms with Crippen LogP contribution in [0.3, 0.4) is 0 Å². The maximum Gasteiger partial charge on any atom is 0.433 e. The number of aldehydes is 1. The molecule has 128 valence electrons. The summed E-state index contributed by atoms with van der Waals surface area (Å²) in [5.41, 5.74) is 0.656. The van der Waals surface area contributed by atoms with Crippen LogP contribution in [0.15, 0.2) is 57.1 Å². The molecule has 0 radical (unpaired) electrons. The monoisotopic (exact) mass is 364 g/mol. The third-order valence-corrected chi connectivity index (χ3v) is 4.04. The van der Waals surface area contributed by atoms with E-state index in [2.05, 4.69) is 9.97 Å². The van der Waals surface area contributed by atoms with Crippen molar-refractivity contribution >= 4 is 18.0 Å². The molecule has 0 aliphatic carbocycles. The van der Waals surface area contributed by atoms with Crippen molar-refractivity contribution in [1.82, 2.24) is 9.97 Å². The van der Waals surface area contributed by atoms with Crippen molar-refractivity contribution in [2.24, 2.45) is 0 Å². The minimum absolute atomic E-state index is 0.0771. The van der Waals surface area contributed by atoms with Gasteiger partial charge in [0.05, 0.1) is 5.69 Å². The average Bonchev–Trinajstić information content (AvgIpc) is 3.02. The third-order valence-electron chi connectivity index (χ3n) is 3.25. The SMILES string of the molecule is Cc1ccc(-c2cc(C(F)(F)F)nc(Sc3ccc(C=O)o3)n2)cc1. The molecule has 0 saturated carbocycles. The van der Waals surface area contributed by atoms with Gasteiger partial charge in [-0.3, -0.25) is 4.79 Å². The number of rotatable bonds is 4. The van der Waals surface area contributed by atoms with E-state index in [1.54, 1.807) is 24.3 Å². The minimum atomic E-state index is -4.60. The Morgan fingerprint density at radius 1 is 1.08 bits per heavy atom. The lowest BCUT2D eigenvalue weighted by Crippen LogP contribution is -2.10. The van der Waals surface area contributed by atoms with Crippen molar-refractivity contribution < 1.29 is 22.4 Å². The van der Waals surface area contributed by atoms with Crippen LogP contribution in [-0.2, 0) is 6.18 Å². The van der Waals surface area contributed by atoms with Gasteiger partial charge in [-0.15, -0.1) is 0 Å². The van der Waals surface area contributed by atoms with Gasteiger partial charge in [0.2, 0.25) is 0 Å². The van der Waals surface area contributed by atoms with E-state index >= 15 is 0 Å². The normalized spacial score (nSPS) is 11.5. The number of carbonyl (C=O) groups excluding carboxylic acids is 1. The number of carbonyl (C=O) groups is 1. The summed E-state index contributed by atoms with van der Waals surface area (Å²) in [6.45, 7) is 1.88. The number of hydrogen-bond acceptors (Lipinski definition) is 5. The molecule has 0 atom stereocenters. The maximum atomic E-state index is 13.2. The number of aromatic nitrogens is 2. The van der Waals surface area contributed by atoms with Crippen molar-refractivity contribution in [3.05, 3.63) is 59.5 Å². The third kappa shape index (κ3) is 4.08. The fourth-order valence-electron chi connectivity index (χ4n) is 2.03. The second-order valence-corrected chi connectivity index (χ2v) is 6.13. The summed E-state index contributed by atoms with van der Waals surface area (Å²) in [4.78, 5) is 18.4. The summed E-state index contributed by atoms with van der Waals surface area (Å²) in [6, 6.07) is 10.8. The van der Waals surface area contributed by atoms with Gasteiger partial charge in [0.15, 0.2) is 22.3 Å². The topological polar surface area (TPSA) is 56.0 Å². The average molecular weight is 364 g/mol. The number of furan rings is 1. The van der Waals surface area contributed by atoms with Crippen LogP contribution in [-0.4, -0.2) is 16.3 Å². The van der Waals surface area contributed by atoms with E-state index in [-0.39, 0.29) is 21.7 Å². The molecule has 0 fully saturated rings.